The van der Waals surface area contributed by atoms with Crippen LogP contribution in [0.5, 0.6) is 0 Å². The molecular formula is C16H31N. The van der Waals surface area contributed by atoms with E-state index in [9.17, 15) is 0 Å². The van der Waals surface area contributed by atoms with Gasteiger partial charge in [0.15, 0.2) is 0 Å². The fraction of sp³-hybridized carbons (Fsp3) is 0.875. The molecule has 0 bridgehead atoms. The van der Waals surface area contributed by atoms with Crippen molar-refractivity contribution >= 4 is 0 Å². The van der Waals surface area contributed by atoms with E-state index in [1.165, 1.54) is 57.2 Å². The highest BCUT2D eigenvalue weighted by Crippen LogP contribution is 2.33. The Hall–Kier alpha value is -0.300. The van der Waals surface area contributed by atoms with Crippen LogP contribution in [0.1, 0.15) is 59.3 Å². The molecule has 0 radical (unpaired) electrons. The second-order valence-corrected chi connectivity index (χ2v) is 6.35. The zero-order chi connectivity index (χ0) is 12.7. The van der Waals surface area contributed by atoms with Crippen molar-refractivity contribution in [2.45, 2.75) is 59.3 Å². The van der Waals surface area contributed by atoms with Crippen molar-refractivity contribution in [2.24, 2.45) is 17.8 Å². The van der Waals surface area contributed by atoms with Gasteiger partial charge in [0, 0.05) is 0 Å². The minimum atomic E-state index is 0.771. The minimum absolute atomic E-state index is 0.771. The summed E-state index contributed by atoms with van der Waals surface area (Å²) in [6.07, 6.45) is 8.36. The van der Waals surface area contributed by atoms with Crippen LogP contribution in [-0.2, 0) is 0 Å². The van der Waals surface area contributed by atoms with Gasteiger partial charge >= 0.3 is 0 Å². The SMILES string of the molecule is C=C(C)CCC1CCCCC1CNCC(C)C. The lowest BCUT2D eigenvalue weighted by molar-refractivity contribution is 0.216. The Morgan fingerprint density at radius 1 is 1.24 bits per heavy atom. The van der Waals surface area contributed by atoms with E-state index < -0.39 is 0 Å². The normalized spacial score (nSPS) is 25.2. The maximum atomic E-state index is 4.03. The zero-order valence-electron chi connectivity index (χ0n) is 12.1. The molecule has 17 heavy (non-hydrogen) atoms. The molecule has 0 aliphatic heterocycles. The van der Waals surface area contributed by atoms with Gasteiger partial charge in [-0.2, -0.15) is 0 Å². The summed E-state index contributed by atoms with van der Waals surface area (Å²) in [6, 6.07) is 0. The maximum Gasteiger partial charge on any atom is -0.00178 e. The van der Waals surface area contributed by atoms with Gasteiger partial charge in [-0.1, -0.05) is 38.7 Å². The molecule has 0 heterocycles. The van der Waals surface area contributed by atoms with Crippen LogP contribution in [0.4, 0.5) is 0 Å². The predicted molar refractivity (Wildman–Crippen MR) is 77.2 cm³/mol. The lowest BCUT2D eigenvalue weighted by atomic mass is 9.76. The van der Waals surface area contributed by atoms with Crippen LogP contribution in [0.25, 0.3) is 0 Å². The van der Waals surface area contributed by atoms with Gasteiger partial charge in [-0.15, -0.1) is 6.58 Å². The molecule has 0 aromatic rings. The van der Waals surface area contributed by atoms with Gasteiger partial charge in [-0.25, -0.2) is 0 Å². The van der Waals surface area contributed by atoms with Gasteiger partial charge in [0.05, 0.1) is 0 Å². The van der Waals surface area contributed by atoms with Gasteiger partial charge < -0.3 is 5.32 Å². The van der Waals surface area contributed by atoms with E-state index in [1.54, 1.807) is 0 Å². The smallest absolute Gasteiger partial charge is 0.00178 e. The molecule has 1 rings (SSSR count). The average molecular weight is 237 g/mol. The van der Waals surface area contributed by atoms with E-state index in [0.29, 0.717) is 0 Å². The molecule has 1 heteroatoms. The molecule has 0 spiro atoms. The van der Waals surface area contributed by atoms with Gasteiger partial charge in [0.2, 0.25) is 0 Å². The van der Waals surface area contributed by atoms with E-state index in [1.807, 2.05) is 0 Å². The van der Waals surface area contributed by atoms with Crippen molar-refractivity contribution in [3.05, 3.63) is 12.2 Å². The molecule has 2 atom stereocenters. The first-order chi connectivity index (χ1) is 8.09. The van der Waals surface area contributed by atoms with E-state index in [-0.39, 0.29) is 0 Å². The summed E-state index contributed by atoms with van der Waals surface area (Å²) in [5, 5.41) is 3.65. The molecule has 0 aromatic carbocycles. The summed E-state index contributed by atoms with van der Waals surface area (Å²) in [5.41, 5.74) is 1.35. The van der Waals surface area contributed by atoms with Crippen LogP contribution < -0.4 is 5.32 Å². The van der Waals surface area contributed by atoms with Crippen LogP contribution in [0.15, 0.2) is 12.2 Å². The van der Waals surface area contributed by atoms with E-state index >= 15 is 0 Å². The van der Waals surface area contributed by atoms with E-state index in [0.717, 1.165) is 17.8 Å². The molecule has 1 aliphatic rings. The molecule has 1 fully saturated rings. The van der Waals surface area contributed by atoms with Gasteiger partial charge in [0.1, 0.15) is 0 Å². The van der Waals surface area contributed by atoms with Gasteiger partial charge in [-0.3, -0.25) is 0 Å². The Bertz CT molecular complexity index is 220. The third kappa shape index (κ3) is 6.26. The highest BCUT2D eigenvalue weighted by molar-refractivity contribution is 4.89. The lowest BCUT2D eigenvalue weighted by Gasteiger charge is -2.32. The van der Waals surface area contributed by atoms with Crippen molar-refractivity contribution in [3.63, 3.8) is 0 Å². The van der Waals surface area contributed by atoms with E-state index in [2.05, 4.69) is 32.7 Å². The Balaban J connectivity index is 2.29. The van der Waals surface area contributed by atoms with Crippen molar-refractivity contribution in [1.29, 1.82) is 0 Å². The molecule has 0 aromatic heterocycles. The van der Waals surface area contributed by atoms with Crippen LogP contribution in [0.3, 0.4) is 0 Å². The second-order valence-electron chi connectivity index (χ2n) is 6.35. The molecule has 1 saturated carbocycles. The van der Waals surface area contributed by atoms with Crippen molar-refractivity contribution in [1.82, 2.24) is 5.32 Å². The zero-order valence-corrected chi connectivity index (χ0v) is 12.1. The standard InChI is InChI=1S/C16H31N/c1-13(2)9-10-15-7-5-6-8-16(15)12-17-11-14(3)4/h14-17H,1,5-12H2,2-4H3. The highest BCUT2D eigenvalue weighted by Gasteiger charge is 2.24. The Kier molecular flexibility index (Phi) is 6.87. The molecule has 100 valence electrons. The predicted octanol–water partition coefficient (Wildman–Crippen LogP) is 4.39. The highest BCUT2D eigenvalue weighted by atomic mass is 14.9. The fourth-order valence-electron chi connectivity index (χ4n) is 2.92. The van der Waals surface area contributed by atoms with Crippen molar-refractivity contribution in [3.8, 4) is 0 Å². The minimum Gasteiger partial charge on any atom is -0.316 e. The Morgan fingerprint density at radius 3 is 2.47 bits per heavy atom. The largest absolute Gasteiger partial charge is 0.316 e. The summed E-state index contributed by atoms with van der Waals surface area (Å²) < 4.78 is 0. The monoisotopic (exact) mass is 237 g/mol. The number of rotatable bonds is 7. The summed E-state index contributed by atoms with van der Waals surface area (Å²) in [7, 11) is 0. The number of nitrogens with one attached hydrogen (secondary N) is 1. The molecule has 2 unspecified atom stereocenters. The molecule has 1 aliphatic carbocycles. The third-order valence-electron chi connectivity index (χ3n) is 3.97. The molecule has 0 saturated heterocycles. The third-order valence-corrected chi connectivity index (χ3v) is 3.97. The van der Waals surface area contributed by atoms with Crippen LogP contribution >= 0.6 is 0 Å². The lowest BCUT2D eigenvalue weighted by Crippen LogP contribution is -2.32. The summed E-state index contributed by atoms with van der Waals surface area (Å²) in [4.78, 5) is 0. The summed E-state index contributed by atoms with van der Waals surface area (Å²) >= 11 is 0. The quantitative estimate of drug-likeness (QED) is 0.647. The van der Waals surface area contributed by atoms with Crippen LogP contribution in [0.2, 0.25) is 0 Å². The van der Waals surface area contributed by atoms with Crippen LogP contribution in [0, 0.1) is 17.8 Å². The van der Waals surface area contributed by atoms with Crippen LogP contribution in [-0.4, -0.2) is 13.1 Å². The molecule has 0 amide bonds. The molecule has 1 nitrogen and oxygen atoms in total. The Labute approximate surface area is 108 Å². The number of allylic oxidation sites excluding steroid dienone is 1. The number of hydrogen-bond donors (Lipinski definition) is 1. The first-order valence-corrected chi connectivity index (χ1v) is 7.44. The topological polar surface area (TPSA) is 12.0 Å². The van der Waals surface area contributed by atoms with Gasteiger partial charge in [0.25, 0.3) is 0 Å². The Morgan fingerprint density at radius 2 is 1.88 bits per heavy atom. The van der Waals surface area contributed by atoms with E-state index in [4.69, 9.17) is 0 Å². The first-order valence-electron chi connectivity index (χ1n) is 7.44. The van der Waals surface area contributed by atoms with Gasteiger partial charge in [-0.05, 0) is 57.0 Å². The molecular weight excluding hydrogens is 206 g/mol. The van der Waals surface area contributed by atoms with Crippen molar-refractivity contribution in [2.75, 3.05) is 13.1 Å². The fourth-order valence-corrected chi connectivity index (χ4v) is 2.92. The average Bonchev–Trinajstić information content (AvgIpc) is 2.27. The second kappa shape index (κ2) is 7.92. The first kappa shape index (κ1) is 14.8. The summed E-state index contributed by atoms with van der Waals surface area (Å²) in [6.45, 7) is 13.2. The number of hydrogen-bond acceptors (Lipinski definition) is 1. The summed E-state index contributed by atoms with van der Waals surface area (Å²) in [5.74, 6) is 2.63. The molecule has 1 N–H and O–H groups in total. The van der Waals surface area contributed by atoms with Crippen molar-refractivity contribution < 1.29 is 0 Å². The maximum absolute atomic E-state index is 4.03.